The summed E-state index contributed by atoms with van der Waals surface area (Å²) < 4.78 is 51.3. The zero-order valence-corrected chi connectivity index (χ0v) is 23.3. The van der Waals surface area contributed by atoms with Crippen LogP contribution in [0, 0.1) is 0 Å². The molecule has 0 bridgehead atoms. The highest BCUT2D eigenvalue weighted by Crippen LogP contribution is 2.28. The summed E-state index contributed by atoms with van der Waals surface area (Å²) in [4.78, 5) is 42.8. The normalized spacial score (nSPS) is 12.0. The molecule has 0 spiro atoms. The minimum absolute atomic E-state index is 0.0728. The van der Waals surface area contributed by atoms with E-state index in [0.717, 1.165) is 33.3 Å². The summed E-state index contributed by atoms with van der Waals surface area (Å²) in [5.41, 5.74) is 2.43. The maximum Gasteiger partial charge on any atom is 0.491 e. The van der Waals surface area contributed by atoms with Crippen LogP contribution in [0.1, 0.15) is 49.5 Å². The van der Waals surface area contributed by atoms with Crippen molar-refractivity contribution in [3.63, 3.8) is 0 Å². The quantitative estimate of drug-likeness (QED) is 0.105. The van der Waals surface area contributed by atoms with Crippen molar-refractivity contribution in [1.82, 2.24) is 15.3 Å². The molecule has 0 radical (unpaired) electrons. The van der Waals surface area contributed by atoms with E-state index in [-0.39, 0.29) is 19.4 Å². The first-order valence-corrected chi connectivity index (χ1v) is 13.5. The Labute approximate surface area is 245 Å². The number of esters is 2. The number of nitrogens with zero attached hydrogens (tertiary/aromatic N) is 1. The first-order valence-electron chi connectivity index (χ1n) is 13.5. The SMILES string of the molecule is COc1ccc2cc(-c3cnc(C(CCCCCC(=O)OC(=O)C(F)(F)F)NC(=O)OCc4ccccc4)[nH]3)ccc2c1. The zero-order valence-electron chi connectivity index (χ0n) is 23.3. The Morgan fingerprint density at radius 3 is 2.44 bits per heavy atom. The maximum absolute atomic E-state index is 12.7. The van der Waals surface area contributed by atoms with Gasteiger partial charge in [-0.1, -0.05) is 61.4 Å². The van der Waals surface area contributed by atoms with E-state index in [9.17, 15) is 27.6 Å². The van der Waals surface area contributed by atoms with Crippen LogP contribution in [0.25, 0.3) is 22.0 Å². The molecule has 226 valence electrons. The predicted octanol–water partition coefficient (Wildman–Crippen LogP) is 6.79. The average molecular weight is 598 g/mol. The second-order valence-corrected chi connectivity index (χ2v) is 9.73. The van der Waals surface area contributed by atoms with Gasteiger partial charge in [0.15, 0.2) is 0 Å². The number of halogens is 3. The van der Waals surface area contributed by atoms with Gasteiger partial charge in [0.25, 0.3) is 0 Å². The van der Waals surface area contributed by atoms with Crippen LogP contribution >= 0.6 is 0 Å². The van der Waals surface area contributed by atoms with Gasteiger partial charge in [-0.15, -0.1) is 0 Å². The average Bonchev–Trinajstić information content (AvgIpc) is 3.49. The zero-order chi connectivity index (χ0) is 30.8. The van der Waals surface area contributed by atoms with Crippen molar-refractivity contribution in [2.45, 2.75) is 50.9 Å². The lowest BCUT2D eigenvalue weighted by Gasteiger charge is -2.17. The fourth-order valence-electron chi connectivity index (χ4n) is 4.37. The minimum atomic E-state index is -5.23. The molecule has 3 aromatic carbocycles. The fourth-order valence-corrected chi connectivity index (χ4v) is 4.37. The summed E-state index contributed by atoms with van der Waals surface area (Å²) in [7, 11) is 1.61. The second kappa shape index (κ2) is 14.3. The number of benzene rings is 3. The van der Waals surface area contributed by atoms with Crippen LogP contribution < -0.4 is 10.1 Å². The number of hydrogen-bond acceptors (Lipinski definition) is 7. The number of ether oxygens (including phenoxy) is 3. The minimum Gasteiger partial charge on any atom is -0.497 e. The van der Waals surface area contributed by atoms with Gasteiger partial charge in [0.05, 0.1) is 25.0 Å². The smallest absolute Gasteiger partial charge is 0.491 e. The molecule has 4 aromatic rings. The lowest BCUT2D eigenvalue weighted by atomic mass is 10.0. The van der Waals surface area contributed by atoms with Gasteiger partial charge in [0, 0.05) is 12.0 Å². The third-order valence-electron chi connectivity index (χ3n) is 6.60. The van der Waals surface area contributed by atoms with Crippen LogP contribution in [0.15, 0.2) is 72.9 Å². The van der Waals surface area contributed by atoms with E-state index in [0.29, 0.717) is 25.1 Å². The number of fused-ring (bicyclic) bond motifs is 1. The van der Waals surface area contributed by atoms with Crippen molar-refractivity contribution in [3.8, 4) is 17.0 Å². The Hall–Kier alpha value is -4.87. The lowest BCUT2D eigenvalue weighted by molar-refractivity contribution is -0.201. The monoisotopic (exact) mass is 597 g/mol. The number of H-pyrrole nitrogens is 1. The van der Waals surface area contributed by atoms with Crippen molar-refractivity contribution >= 4 is 28.8 Å². The lowest BCUT2D eigenvalue weighted by Crippen LogP contribution is -2.30. The van der Waals surface area contributed by atoms with E-state index in [4.69, 9.17) is 9.47 Å². The first-order chi connectivity index (χ1) is 20.6. The van der Waals surface area contributed by atoms with Crippen LogP contribution in [0.5, 0.6) is 5.75 Å². The number of unbranched alkanes of at least 4 members (excludes halogenated alkanes) is 2. The van der Waals surface area contributed by atoms with Crippen LogP contribution in [0.3, 0.4) is 0 Å². The molecular weight excluding hydrogens is 567 g/mol. The summed E-state index contributed by atoms with van der Waals surface area (Å²) in [5, 5.41) is 4.84. The number of rotatable bonds is 12. The molecule has 2 N–H and O–H groups in total. The Kier molecular flexibility index (Phi) is 10.4. The number of aromatic amines is 1. The van der Waals surface area contributed by atoms with E-state index >= 15 is 0 Å². The van der Waals surface area contributed by atoms with Gasteiger partial charge >= 0.3 is 24.2 Å². The Morgan fingerprint density at radius 1 is 0.953 bits per heavy atom. The van der Waals surface area contributed by atoms with Crippen molar-refractivity contribution in [2.75, 3.05) is 7.11 Å². The van der Waals surface area contributed by atoms with Crippen molar-refractivity contribution in [3.05, 3.63) is 84.3 Å². The third kappa shape index (κ3) is 9.06. The van der Waals surface area contributed by atoms with E-state index in [1.54, 1.807) is 13.3 Å². The standard InChI is InChI=1S/C31H30F3N3O6/c1-41-24-15-14-21-16-23(13-12-22(21)17-24)26-18-35-28(36-26)25(37-30(40)42-19-20-8-4-2-5-9-20)10-6-3-7-11-27(38)43-29(39)31(32,33)34/h2,4-5,8-9,12-18,25H,3,6-7,10-11,19H2,1H3,(H,35,36)(H,37,40). The Bertz CT molecular complexity index is 1560. The number of nitrogens with one attached hydrogen (secondary N) is 2. The van der Waals surface area contributed by atoms with Gasteiger partial charge < -0.3 is 24.5 Å². The van der Waals surface area contributed by atoms with Crippen molar-refractivity contribution in [2.24, 2.45) is 0 Å². The molecule has 0 aliphatic rings. The predicted molar refractivity (Wildman–Crippen MR) is 151 cm³/mol. The van der Waals surface area contributed by atoms with Crippen molar-refractivity contribution in [1.29, 1.82) is 0 Å². The summed E-state index contributed by atoms with van der Waals surface area (Å²) in [5.74, 6) is -2.54. The molecule has 0 aliphatic heterocycles. The highest BCUT2D eigenvalue weighted by atomic mass is 19.4. The van der Waals surface area contributed by atoms with Crippen LogP contribution in [-0.2, 0) is 25.7 Å². The topological polar surface area (TPSA) is 120 Å². The molecule has 0 aliphatic carbocycles. The highest BCUT2D eigenvalue weighted by Gasteiger charge is 2.42. The molecule has 1 heterocycles. The summed E-state index contributed by atoms with van der Waals surface area (Å²) in [6.45, 7) is 0.0728. The third-order valence-corrected chi connectivity index (χ3v) is 6.60. The second-order valence-electron chi connectivity index (χ2n) is 9.73. The number of aromatic nitrogens is 2. The van der Waals surface area contributed by atoms with Crippen LogP contribution in [0.2, 0.25) is 0 Å². The molecule has 1 unspecified atom stereocenters. The molecule has 1 aromatic heterocycles. The molecule has 1 amide bonds. The summed E-state index contributed by atoms with van der Waals surface area (Å²) >= 11 is 0. The summed E-state index contributed by atoms with van der Waals surface area (Å²) in [6, 6.07) is 20.3. The van der Waals surface area contributed by atoms with Gasteiger partial charge in [-0.3, -0.25) is 4.79 Å². The molecule has 0 saturated heterocycles. The number of hydrogen-bond donors (Lipinski definition) is 2. The van der Waals surface area contributed by atoms with Crippen LogP contribution in [-0.4, -0.2) is 41.3 Å². The number of carbonyl (C=O) groups excluding carboxylic acids is 3. The number of alkyl halides is 3. The highest BCUT2D eigenvalue weighted by molar-refractivity contribution is 5.89. The molecule has 9 nitrogen and oxygen atoms in total. The van der Waals surface area contributed by atoms with E-state index < -0.39 is 30.2 Å². The molecule has 43 heavy (non-hydrogen) atoms. The van der Waals surface area contributed by atoms with Gasteiger partial charge in [-0.2, -0.15) is 13.2 Å². The molecule has 0 fully saturated rings. The Morgan fingerprint density at radius 2 is 1.70 bits per heavy atom. The fraction of sp³-hybridized carbons (Fsp3) is 0.290. The van der Waals surface area contributed by atoms with Crippen LogP contribution in [0.4, 0.5) is 18.0 Å². The number of methoxy groups -OCH3 is 1. The van der Waals surface area contributed by atoms with Crippen molar-refractivity contribution < 1.29 is 41.8 Å². The number of amides is 1. The number of imidazole rings is 1. The summed E-state index contributed by atoms with van der Waals surface area (Å²) in [6.07, 6.45) is -3.07. The number of alkyl carbamates (subject to hydrolysis) is 1. The molecule has 1 atom stereocenters. The molecular formula is C31H30F3N3O6. The molecule has 0 saturated carbocycles. The van der Waals surface area contributed by atoms with Gasteiger partial charge in [0.2, 0.25) is 0 Å². The Balaban J connectivity index is 1.40. The first kappa shape index (κ1) is 31.1. The number of carbonyl (C=O) groups is 3. The maximum atomic E-state index is 12.7. The van der Waals surface area contributed by atoms with E-state index in [1.165, 1.54) is 0 Å². The van der Waals surface area contributed by atoms with Gasteiger partial charge in [-0.05, 0) is 47.4 Å². The van der Waals surface area contributed by atoms with Gasteiger partial charge in [0.1, 0.15) is 18.2 Å². The van der Waals surface area contributed by atoms with E-state index in [2.05, 4.69) is 20.0 Å². The molecule has 12 heteroatoms. The largest absolute Gasteiger partial charge is 0.497 e. The van der Waals surface area contributed by atoms with E-state index in [1.807, 2.05) is 66.7 Å². The molecule has 4 rings (SSSR count). The van der Waals surface area contributed by atoms with Gasteiger partial charge in [-0.25, -0.2) is 14.6 Å².